The number of methoxy groups -OCH3 is 1. The predicted molar refractivity (Wildman–Crippen MR) is 59.6 cm³/mol. The number of carboxylic acid groups (broad SMARTS) is 1. The second kappa shape index (κ2) is 6.65. The van der Waals surface area contributed by atoms with Gasteiger partial charge in [-0.15, -0.1) is 0 Å². The summed E-state index contributed by atoms with van der Waals surface area (Å²) in [6.45, 7) is 0.0424. The van der Waals surface area contributed by atoms with Gasteiger partial charge in [-0.2, -0.15) is 0 Å². The Morgan fingerprint density at radius 3 is 2.78 bits per heavy atom. The van der Waals surface area contributed by atoms with E-state index in [0.29, 0.717) is 0 Å². The third-order valence-corrected chi connectivity index (χ3v) is 2.19. The van der Waals surface area contributed by atoms with Crippen molar-refractivity contribution in [3.63, 3.8) is 0 Å². The van der Waals surface area contributed by atoms with E-state index in [1.165, 1.54) is 13.2 Å². The molecule has 98 valence electrons. The van der Waals surface area contributed by atoms with E-state index in [2.05, 4.69) is 10.3 Å². The lowest BCUT2D eigenvalue weighted by Gasteiger charge is -2.13. The number of rotatable bonds is 6. The smallest absolute Gasteiger partial charge is 0.306 e. The van der Waals surface area contributed by atoms with Gasteiger partial charge in [-0.1, -0.05) is 0 Å². The summed E-state index contributed by atoms with van der Waals surface area (Å²) in [5, 5.41) is 11.0. The molecule has 2 N–H and O–H groups in total. The Morgan fingerprint density at radius 2 is 2.28 bits per heavy atom. The van der Waals surface area contributed by atoms with Crippen LogP contribution in [0.1, 0.15) is 16.9 Å². The fourth-order valence-corrected chi connectivity index (χ4v) is 1.24. The number of carbonyl (C=O) groups is 2. The van der Waals surface area contributed by atoms with E-state index < -0.39 is 23.8 Å². The summed E-state index contributed by atoms with van der Waals surface area (Å²) in [5.74, 6) is -2.06. The van der Waals surface area contributed by atoms with Crippen LogP contribution < -0.4 is 5.32 Å². The summed E-state index contributed by atoms with van der Waals surface area (Å²) in [7, 11) is 1.36. The lowest BCUT2D eigenvalue weighted by Crippen LogP contribution is -2.34. The summed E-state index contributed by atoms with van der Waals surface area (Å²) < 4.78 is 17.5. The average Bonchev–Trinajstić information content (AvgIpc) is 2.34. The number of carbonyl (C=O) groups excluding carboxylic acids is 1. The first-order valence-corrected chi connectivity index (χ1v) is 5.17. The van der Waals surface area contributed by atoms with E-state index in [1.54, 1.807) is 0 Å². The fourth-order valence-electron chi connectivity index (χ4n) is 1.24. The zero-order chi connectivity index (χ0) is 13.5. The SMILES string of the molecule is COC(CNC(=O)c1ccc(F)cn1)CC(=O)O. The second-order valence-corrected chi connectivity index (χ2v) is 3.53. The van der Waals surface area contributed by atoms with E-state index >= 15 is 0 Å². The van der Waals surface area contributed by atoms with Crippen LogP contribution in [0.3, 0.4) is 0 Å². The number of aromatic nitrogens is 1. The number of nitrogens with one attached hydrogen (secondary N) is 1. The minimum absolute atomic E-state index is 0.0424. The minimum atomic E-state index is -1.02. The first-order valence-electron chi connectivity index (χ1n) is 5.17. The van der Waals surface area contributed by atoms with Crippen LogP contribution in [0.15, 0.2) is 18.3 Å². The zero-order valence-electron chi connectivity index (χ0n) is 9.72. The maximum atomic E-state index is 12.6. The molecule has 7 heteroatoms. The van der Waals surface area contributed by atoms with Crippen molar-refractivity contribution in [1.29, 1.82) is 0 Å². The van der Waals surface area contributed by atoms with Crippen LogP contribution in [-0.2, 0) is 9.53 Å². The van der Waals surface area contributed by atoms with Crippen LogP contribution in [0, 0.1) is 5.82 Å². The maximum Gasteiger partial charge on any atom is 0.306 e. The predicted octanol–water partition coefficient (Wildman–Crippen LogP) is 0.440. The van der Waals surface area contributed by atoms with E-state index in [4.69, 9.17) is 9.84 Å². The van der Waals surface area contributed by atoms with Crippen LogP contribution in [0.25, 0.3) is 0 Å². The molecule has 1 atom stereocenters. The number of aliphatic carboxylic acids is 1. The average molecular weight is 256 g/mol. The Morgan fingerprint density at radius 1 is 1.56 bits per heavy atom. The molecular formula is C11H13FN2O4. The number of pyridine rings is 1. The van der Waals surface area contributed by atoms with Gasteiger partial charge >= 0.3 is 5.97 Å². The van der Waals surface area contributed by atoms with Gasteiger partial charge in [0.25, 0.3) is 5.91 Å². The van der Waals surface area contributed by atoms with Crippen LogP contribution in [0.2, 0.25) is 0 Å². The van der Waals surface area contributed by atoms with Crippen molar-refractivity contribution in [2.45, 2.75) is 12.5 Å². The van der Waals surface area contributed by atoms with Gasteiger partial charge in [-0.25, -0.2) is 9.37 Å². The number of halogens is 1. The van der Waals surface area contributed by atoms with E-state index in [9.17, 15) is 14.0 Å². The first-order chi connectivity index (χ1) is 8.52. The number of carboxylic acids is 1. The highest BCUT2D eigenvalue weighted by Crippen LogP contribution is 1.99. The fraction of sp³-hybridized carbons (Fsp3) is 0.364. The molecule has 0 aliphatic rings. The molecule has 0 bridgehead atoms. The summed E-state index contributed by atoms with van der Waals surface area (Å²) in [6, 6.07) is 2.36. The second-order valence-electron chi connectivity index (χ2n) is 3.53. The van der Waals surface area contributed by atoms with Crippen LogP contribution in [0.5, 0.6) is 0 Å². The van der Waals surface area contributed by atoms with Crippen molar-refractivity contribution in [3.8, 4) is 0 Å². The molecule has 0 aromatic carbocycles. The molecule has 1 aromatic rings. The third kappa shape index (κ3) is 4.46. The molecule has 1 heterocycles. The maximum absolute atomic E-state index is 12.6. The molecule has 1 amide bonds. The largest absolute Gasteiger partial charge is 0.481 e. The third-order valence-electron chi connectivity index (χ3n) is 2.19. The van der Waals surface area contributed by atoms with Gasteiger partial charge in [-0.3, -0.25) is 9.59 Å². The normalized spacial score (nSPS) is 11.9. The minimum Gasteiger partial charge on any atom is -0.481 e. The summed E-state index contributed by atoms with van der Waals surface area (Å²) in [5.41, 5.74) is 0.0570. The Kier molecular flexibility index (Phi) is 5.19. The molecule has 1 unspecified atom stereocenters. The van der Waals surface area contributed by atoms with Crippen LogP contribution >= 0.6 is 0 Å². The van der Waals surface area contributed by atoms with Crippen molar-refractivity contribution in [3.05, 3.63) is 29.8 Å². The Balaban J connectivity index is 2.49. The molecule has 1 rings (SSSR count). The molecule has 0 aliphatic carbocycles. The van der Waals surface area contributed by atoms with Gasteiger partial charge in [0.2, 0.25) is 0 Å². The molecule has 0 saturated heterocycles. The van der Waals surface area contributed by atoms with Crippen molar-refractivity contribution in [1.82, 2.24) is 10.3 Å². The molecular weight excluding hydrogens is 243 g/mol. The number of nitrogens with zero attached hydrogens (tertiary/aromatic N) is 1. The Hall–Kier alpha value is -2.02. The lowest BCUT2D eigenvalue weighted by molar-refractivity contribution is -0.139. The number of ether oxygens (including phenoxy) is 1. The molecule has 6 nitrogen and oxygen atoms in total. The highest BCUT2D eigenvalue weighted by atomic mass is 19.1. The van der Waals surface area contributed by atoms with E-state index in [-0.39, 0.29) is 18.7 Å². The van der Waals surface area contributed by atoms with Crippen molar-refractivity contribution >= 4 is 11.9 Å². The molecule has 1 aromatic heterocycles. The van der Waals surface area contributed by atoms with E-state index in [0.717, 1.165) is 12.3 Å². The lowest BCUT2D eigenvalue weighted by atomic mass is 10.2. The number of amides is 1. The first kappa shape index (κ1) is 14.0. The number of hydrogen-bond donors (Lipinski definition) is 2. The quantitative estimate of drug-likeness (QED) is 0.771. The highest BCUT2D eigenvalue weighted by molar-refractivity contribution is 5.92. The standard InChI is InChI=1S/C11H13FN2O4/c1-18-8(4-10(15)16)6-14-11(17)9-3-2-7(12)5-13-9/h2-3,5,8H,4,6H2,1H3,(H,14,17)(H,15,16). The van der Waals surface area contributed by atoms with E-state index in [1.807, 2.05) is 0 Å². The number of hydrogen-bond acceptors (Lipinski definition) is 4. The van der Waals surface area contributed by atoms with Gasteiger partial charge in [-0.05, 0) is 12.1 Å². The molecule has 0 radical (unpaired) electrons. The topological polar surface area (TPSA) is 88.5 Å². The monoisotopic (exact) mass is 256 g/mol. The summed E-state index contributed by atoms with van der Waals surface area (Å²) >= 11 is 0. The van der Waals surface area contributed by atoms with Gasteiger partial charge in [0.1, 0.15) is 11.5 Å². The van der Waals surface area contributed by atoms with Crippen LogP contribution in [-0.4, -0.2) is 41.7 Å². The van der Waals surface area contributed by atoms with Gasteiger partial charge in [0.05, 0.1) is 18.7 Å². The molecule has 0 saturated carbocycles. The Bertz CT molecular complexity index is 422. The van der Waals surface area contributed by atoms with Crippen molar-refractivity contribution in [2.24, 2.45) is 0 Å². The highest BCUT2D eigenvalue weighted by Gasteiger charge is 2.14. The van der Waals surface area contributed by atoms with Crippen LogP contribution in [0.4, 0.5) is 4.39 Å². The van der Waals surface area contributed by atoms with Crippen molar-refractivity contribution in [2.75, 3.05) is 13.7 Å². The zero-order valence-corrected chi connectivity index (χ0v) is 9.72. The van der Waals surface area contributed by atoms with Crippen molar-refractivity contribution < 1.29 is 23.8 Å². The van der Waals surface area contributed by atoms with Gasteiger partial charge < -0.3 is 15.2 Å². The summed E-state index contributed by atoms with van der Waals surface area (Å²) in [4.78, 5) is 25.6. The van der Waals surface area contributed by atoms with Gasteiger partial charge in [0, 0.05) is 13.7 Å². The molecule has 0 spiro atoms. The molecule has 0 aliphatic heterocycles. The molecule has 0 fully saturated rings. The summed E-state index contributed by atoms with van der Waals surface area (Å²) in [6.07, 6.45) is 0.0973. The Labute approximate surface area is 103 Å². The van der Waals surface area contributed by atoms with Gasteiger partial charge in [0.15, 0.2) is 0 Å². The molecule has 18 heavy (non-hydrogen) atoms.